The predicted octanol–water partition coefficient (Wildman–Crippen LogP) is 4.79. The Hall–Kier alpha value is -2.72. The minimum absolute atomic E-state index is 0.110. The van der Waals surface area contributed by atoms with Crippen LogP contribution in [0.5, 0.6) is 11.5 Å². The van der Waals surface area contributed by atoms with E-state index < -0.39 is 0 Å². The largest absolute Gasteiger partial charge is 0.455 e. The molecule has 5 rings (SSSR count). The number of para-hydroxylation sites is 4. The molecular formula is C20H15ClN2O2. The second-order valence-corrected chi connectivity index (χ2v) is 6.68. The molecule has 3 aliphatic rings. The highest BCUT2D eigenvalue weighted by Gasteiger charge is 2.41. The number of hydrogen-bond acceptors (Lipinski definition) is 4. The van der Waals surface area contributed by atoms with Crippen LogP contribution >= 0.6 is 11.6 Å². The van der Waals surface area contributed by atoms with Gasteiger partial charge in [0.2, 0.25) is 0 Å². The van der Waals surface area contributed by atoms with Gasteiger partial charge < -0.3 is 14.4 Å². The molecule has 0 saturated heterocycles. The second kappa shape index (κ2) is 5.14. The molecule has 2 aromatic rings. The summed E-state index contributed by atoms with van der Waals surface area (Å²) in [6, 6.07) is 15.5. The van der Waals surface area contributed by atoms with Gasteiger partial charge in [-0.2, -0.15) is 0 Å². The first-order valence-electron chi connectivity index (χ1n) is 8.11. The SMILES string of the molecule is CC1=C2Oc3ccccc3N=C2C(Cl)=C2Oc3ccccc3N(C)C12. The average molecular weight is 351 g/mol. The molecule has 0 N–H and O–H groups in total. The molecule has 25 heavy (non-hydrogen) atoms. The molecule has 124 valence electrons. The Morgan fingerprint density at radius 1 is 1.00 bits per heavy atom. The Bertz CT molecular complexity index is 1010. The highest BCUT2D eigenvalue weighted by atomic mass is 35.5. The van der Waals surface area contributed by atoms with E-state index in [0.29, 0.717) is 22.3 Å². The van der Waals surface area contributed by atoms with E-state index in [-0.39, 0.29) is 6.04 Å². The van der Waals surface area contributed by atoms with Crippen LogP contribution < -0.4 is 14.4 Å². The summed E-state index contributed by atoms with van der Waals surface area (Å²) >= 11 is 6.71. The number of nitrogens with zero attached hydrogens (tertiary/aromatic N) is 2. The zero-order chi connectivity index (χ0) is 17.1. The molecule has 1 aliphatic carbocycles. The lowest BCUT2D eigenvalue weighted by atomic mass is 9.93. The number of benzene rings is 2. The van der Waals surface area contributed by atoms with Gasteiger partial charge in [-0.25, -0.2) is 4.99 Å². The third-order valence-electron chi connectivity index (χ3n) is 4.82. The number of halogens is 1. The normalized spacial score (nSPS) is 20.7. The molecule has 2 aromatic carbocycles. The van der Waals surface area contributed by atoms with Crippen LogP contribution in [0.15, 0.2) is 75.6 Å². The predicted molar refractivity (Wildman–Crippen MR) is 99.0 cm³/mol. The van der Waals surface area contributed by atoms with Crippen molar-refractivity contribution < 1.29 is 9.47 Å². The van der Waals surface area contributed by atoms with E-state index in [1.165, 1.54) is 0 Å². The molecule has 2 aliphatic heterocycles. The third-order valence-corrected chi connectivity index (χ3v) is 5.18. The number of likely N-dealkylation sites (N-methyl/N-ethyl adjacent to an activating group) is 1. The molecule has 5 heteroatoms. The number of ether oxygens (including phenoxy) is 2. The van der Waals surface area contributed by atoms with Crippen molar-refractivity contribution in [2.45, 2.75) is 13.0 Å². The zero-order valence-electron chi connectivity index (χ0n) is 13.8. The van der Waals surface area contributed by atoms with E-state index >= 15 is 0 Å². The first-order chi connectivity index (χ1) is 12.1. The lowest BCUT2D eigenvalue weighted by Gasteiger charge is -2.41. The summed E-state index contributed by atoms with van der Waals surface area (Å²) in [5.74, 6) is 2.95. The summed E-state index contributed by atoms with van der Waals surface area (Å²) in [5, 5.41) is 0.501. The molecule has 0 spiro atoms. The maximum Gasteiger partial charge on any atom is 0.156 e. The lowest BCUT2D eigenvalue weighted by molar-refractivity contribution is 0.358. The zero-order valence-corrected chi connectivity index (χ0v) is 14.5. The van der Waals surface area contributed by atoms with Crippen LogP contribution in [0.25, 0.3) is 0 Å². The summed E-state index contributed by atoms with van der Waals surface area (Å²) in [4.78, 5) is 6.88. The van der Waals surface area contributed by atoms with Crippen molar-refractivity contribution >= 4 is 28.7 Å². The fraction of sp³-hybridized carbons (Fsp3) is 0.150. The van der Waals surface area contributed by atoms with E-state index in [1.807, 2.05) is 62.5 Å². The minimum Gasteiger partial charge on any atom is -0.455 e. The monoisotopic (exact) mass is 350 g/mol. The highest BCUT2D eigenvalue weighted by Crippen LogP contribution is 2.46. The molecule has 0 fully saturated rings. The van der Waals surface area contributed by atoms with Crippen molar-refractivity contribution in [3.63, 3.8) is 0 Å². The van der Waals surface area contributed by atoms with Gasteiger partial charge in [0.1, 0.15) is 28.2 Å². The van der Waals surface area contributed by atoms with E-state index in [4.69, 9.17) is 26.1 Å². The summed E-state index contributed by atoms with van der Waals surface area (Å²) in [6.45, 7) is 2.04. The molecule has 4 nitrogen and oxygen atoms in total. The fourth-order valence-corrected chi connectivity index (χ4v) is 3.87. The number of anilines is 1. The number of allylic oxidation sites excluding steroid dienone is 1. The van der Waals surface area contributed by atoms with Gasteiger partial charge in [0.15, 0.2) is 17.3 Å². The van der Waals surface area contributed by atoms with Gasteiger partial charge in [0.25, 0.3) is 0 Å². The molecule has 0 aromatic heterocycles. The van der Waals surface area contributed by atoms with Gasteiger partial charge >= 0.3 is 0 Å². The first-order valence-corrected chi connectivity index (χ1v) is 8.49. The minimum atomic E-state index is -0.110. The van der Waals surface area contributed by atoms with E-state index in [0.717, 1.165) is 28.4 Å². The van der Waals surface area contributed by atoms with Gasteiger partial charge in [-0.1, -0.05) is 35.9 Å². The van der Waals surface area contributed by atoms with Crippen molar-refractivity contribution in [3.8, 4) is 11.5 Å². The van der Waals surface area contributed by atoms with Crippen LogP contribution in [0.2, 0.25) is 0 Å². The van der Waals surface area contributed by atoms with Gasteiger partial charge in [-0.05, 0) is 31.2 Å². The Labute approximate surface area is 150 Å². The number of aliphatic imine (C=N–C) groups is 1. The van der Waals surface area contributed by atoms with Crippen LogP contribution in [-0.2, 0) is 0 Å². The van der Waals surface area contributed by atoms with Crippen molar-refractivity contribution in [1.29, 1.82) is 0 Å². The maximum atomic E-state index is 6.71. The van der Waals surface area contributed by atoms with E-state index in [2.05, 4.69) is 4.90 Å². The molecule has 0 radical (unpaired) electrons. The summed E-state index contributed by atoms with van der Waals surface area (Å²) in [5.41, 5.74) is 3.47. The Morgan fingerprint density at radius 2 is 1.72 bits per heavy atom. The van der Waals surface area contributed by atoms with Crippen LogP contribution in [0, 0.1) is 0 Å². The lowest BCUT2D eigenvalue weighted by Crippen LogP contribution is -2.44. The third kappa shape index (κ3) is 1.98. The Balaban J connectivity index is 1.73. The quantitative estimate of drug-likeness (QED) is 0.685. The molecular weight excluding hydrogens is 336 g/mol. The van der Waals surface area contributed by atoms with Crippen molar-refractivity contribution in [3.05, 3.63) is 70.7 Å². The van der Waals surface area contributed by atoms with Crippen molar-refractivity contribution in [2.75, 3.05) is 11.9 Å². The molecule has 2 heterocycles. The summed E-state index contributed by atoms with van der Waals surface area (Å²) in [6.07, 6.45) is 0. The Kier molecular flexibility index (Phi) is 3.00. The first kappa shape index (κ1) is 14.6. The summed E-state index contributed by atoms with van der Waals surface area (Å²) < 4.78 is 12.3. The van der Waals surface area contributed by atoms with E-state index in [1.54, 1.807) is 0 Å². The second-order valence-electron chi connectivity index (χ2n) is 6.30. The molecule has 0 bridgehead atoms. The maximum absolute atomic E-state index is 6.71. The van der Waals surface area contributed by atoms with Crippen LogP contribution in [-0.4, -0.2) is 18.8 Å². The average Bonchev–Trinajstić information content (AvgIpc) is 2.65. The van der Waals surface area contributed by atoms with E-state index in [9.17, 15) is 0 Å². The van der Waals surface area contributed by atoms with Crippen LogP contribution in [0.4, 0.5) is 11.4 Å². The van der Waals surface area contributed by atoms with Crippen LogP contribution in [0.1, 0.15) is 6.92 Å². The number of fused-ring (bicyclic) bond motifs is 4. The standard InChI is InChI=1S/C20H15ClN2O2/c1-11-18-20(25-15-10-6-4-8-13(15)23(18)2)16(21)17-19(11)24-14-9-5-3-7-12(14)22-17/h3-10,18H,1-2H3. The summed E-state index contributed by atoms with van der Waals surface area (Å²) in [7, 11) is 2.04. The molecule has 0 amide bonds. The van der Waals surface area contributed by atoms with Crippen molar-refractivity contribution in [1.82, 2.24) is 0 Å². The van der Waals surface area contributed by atoms with Crippen LogP contribution in [0.3, 0.4) is 0 Å². The van der Waals surface area contributed by atoms with Gasteiger partial charge in [0, 0.05) is 12.6 Å². The molecule has 1 unspecified atom stereocenters. The number of rotatable bonds is 0. The fourth-order valence-electron chi connectivity index (χ4n) is 3.60. The van der Waals surface area contributed by atoms with Crippen molar-refractivity contribution in [2.24, 2.45) is 4.99 Å². The topological polar surface area (TPSA) is 34.1 Å². The highest BCUT2D eigenvalue weighted by molar-refractivity contribution is 6.47. The van der Waals surface area contributed by atoms with Gasteiger partial charge in [-0.3, -0.25) is 0 Å². The smallest absolute Gasteiger partial charge is 0.156 e. The number of hydrogen-bond donors (Lipinski definition) is 0. The molecule has 1 atom stereocenters. The van der Waals surface area contributed by atoms with Gasteiger partial charge in [0.05, 0.1) is 5.69 Å². The Morgan fingerprint density at radius 3 is 2.56 bits per heavy atom. The van der Waals surface area contributed by atoms with Gasteiger partial charge in [-0.15, -0.1) is 0 Å². The molecule has 0 saturated carbocycles.